The van der Waals surface area contributed by atoms with Gasteiger partial charge in [-0.25, -0.2) is 0 Å². The molecule has 0 N–H and O–H groups in total. The summed E-state index contributed by atoms with van der Waals surface area (Å²) in [4.78, 5) is 28.5. The van der Waals surface area contributed by atoms with Gasteiger partial charge in [0.15, 0.2) is 0 Å². The summed E-state index contributed by atoms with van der Waals surface area (Å²) in [7, 11) is 1.57. The number of imide groups is 1. The molecular formula is C18H24N2O4. The maximum Gasteiger partial charge on any atom is 0.234 e. The zero-order valence-corrected chi connectivity index (χ0v) is 14.2. The van der Waals surface area contributed by atoms with E-state index in [1.807, 2.05) is 31.2 Å². The predicted molar refractivity (Wildman–Crippen MR) is 88.5 cm³/mol. The maximum absolute atomic E-state index is 12.5. The van der Waals surface area contributed by atoms with Crippen LogP contribution in [0.5, 0.6) is 5.75 Å². The molecule has 0 bridgehead atoms. The topological polar surface area (TPSA) is 59.1 Å². The first-order chi connectivity index (χ1) is 11.7. The van der Waals surface area contributed by atoms with Gasteiger partial charge >= 0.3 is 0 Å². The van der Waals surface area contributed by atoms with Crippen molar-refractivity contribution in [1.29, 1.82) is 0 Å². The van der Waals surface area contributed by atoms with Crippen molar-refractivity contribution in [2.24, 2.45) is 11.8 Å². The number of hydrogen-bond donors (Lipinski definition) is 0. The highest BCUT2D eigenvalue weighted by Crippen LogP contribution is 2.34. The molecule has 0 radical (unpaired) electrons. The minimum atomic E-state index is -0.214. The molecule has 2 saturated heterocycles. The van der Waals surface area contributed by atoms with Crippen LogP contribution in [0.2, 0.25) is 0 Å². The van der Waals surface area contributed by atoms with Crippen molar-refractivity contribution in [3.8, 4) is 5.75 Å². The summed E-state index contributed by atoms with van der Waals surface area (Å²) >= 11 is 0. The molecule has 2 amide bonds. The first-order valence-electron chi connectivity index (χ1n) is 8.43. The van der Waals surface area contributed by atoms with Crippen LogP contribution in [0.25, 0.3) is 0 Å². The SMILES string of the molecule is CCOc1ccccc1CN1C[C@@H]2C(=O)N(CCOC)C(=O)[C@@H]2C1. The highest BCUT2D eigenvalue weighted by Gasteiger charge is 2.51. The molecule has 2 fully saturated rings. The number of fused-ring (bicyclic) bond motifs is 1. The van der Waals surface area contributed by atoms with Gasteiger partial charge in [-0.2, -0.15) is 0 Å². The number of ether oxygens (including phenoxy) is 2. The number of benzene rings is 1. The van der Waals surface area contributed by atoms with Gasteiger partial charge in [-0.05, 0) is 13.0 Å². The Labute approximate surface area is 142 Å². The van der Waals surface area contributed by atoms with Gasteiger partial charge in [0.05, 0.1) is 31.6 Å². The molecule has 1 aromatic rings. The standard InChI is InChI=1S/C18H24N2O4/c1-3-24-16-7-5-4-6-13(16)10-19-11-14-15(12-19)18(22)20(17(14)21)8-9-23-2/h4-7,14-15H,3,8-12H2,1-2H3/t14-,15+. The van der Waals surface area contributed by atoms with Gasteiger partial charge in [0.2, 0.25) is 11.8 Å². The molecule has 6 nitrogen and oxygen atoms in total. The fourth-order valence-electron chi connectivity index (χ4n) is 3.60. The van der Waals surface area contributed by atoms with Gasteiger partial charge in [0, 0.05) is 32.3 Å². The highest BCUT2D eigenvalue weighted by molar-refractivity contribution is 6.05. The van der Waals surface area contributed by atoms with E-state index in [4.69, 9.17) is 9.47 Å². The van der Waals surface area contributed by atoms with Gasteiger partial charge in [-0.1, -0.05) is 18.2 Å². The summed E-state index contributed by atoms with van der Waals surface area (Å²) in [6.45, 7) is 5.27. The lowest BCUT2D eigenvalue weighted by Gasteiger charge is -2.21. The zero-order valence-electron chi connectivity index (χ0n) is 14.2. The molecule has 0 unspecified atom stereocenters. The number of para-hydroxylation sites is 1. The second-order valence-electron chi connectivity index (χ2n) is 6.27. The smallest absolute Gasteiger partial charge is 0.234 e. The lowest BCUT2D eigenvalue weighted by atomic mass is 10.00. The second-order valence-corrected chi connectivity index (χ2v) is 6.27. The van der Waals surface area contributed by atoms with Crippen molar-refractivity contribution >= 4 is 11.8 Å². The molecule has 2 heterocycles. The van der Waals surface area contributed by atoms with E-state index in [-0.39, 0.29) is 23.7 Å². The Hall–Kier alpha value is -1.92. The fourth-order valence-corrected chi connectivity index (χ4v) is 3.60. The normalized spacial score (nSPS) is 23.8. The lowest BCUT2D eigenvalue weighted by Crippen LogP contribution is -2.37. The first kappa shape index (κ1) is 16.9. The number of methoxy groups -OCH3 is 1. The summed E-state index contributed by atoms with van der Waals surface area (Å²) in [5.74, 6) is 0.337. The molecule has 0 aromatic heterocycles. The van der Waals surface area contributed by atoms with E-state index in [1.54, 1.807) is 7.11 Å². The number of carbonyl (C=O) groups is 2. The van der Waals surface area contributed by atoms with Crippen molar-refractivity contribution in [2.75, 3.05) is 40.0 Å². The predicted octanol–water partition coefficient (Wildman–Crippen LogP) is 1.15. The largest absolute Gasteiger partial charge is 0.494 e. The van der Waals surface area contributed by atoms with E-state index in [1.165, 1.54) is 4.90 Å². The Bertz CT molecular complexity index is 595. The quantitative estimate of drug-likeness (QED) is 0.701. The minimum Gasteiger partial charge on any atom is -0.494 e. The Balaban J connectivity index is 1.65. The van der Waals surface area contributed by atoms with Crippen LogP contribution in [0.15, 0.2) is 24.3 Å². The summed E-state index contributed by atoms with van der Waals surface area (Å²) in [5, 5.41) is 0. The van der Waals surface area contributed by atoms with Crippen LogP contribution in [-0.4, -0.2) is 61.6 Å². The number of amides is 2. The average Bonchev–Trinajstić information content (AvgIpc) is 3.08. The van der Waals surface area contributed by atoms with Crippen LogP contribution in [0.3, 0.4) is 0 Å². The Morgan fingerprint density at radius 3 is 2.42 bits per heavy atom. The molecular weight excluding hydrogens is 308 g/mol. The van der Waals surface area contributed by atoms with Crippen LogP contribution in [0.1, 0.15) is 12.5 Å². The Kier molecular flexibility index (Phi) is 5.16. The number of nitrogens with zero attached hydrogens (tertiary/aromatic N) is 2. The number of carbonyl (C=O) groups excluding carboxylic acids is 2. The molecule has 0 aliphatic carbocycles. The van der Waals surface area contributed by atoms with E-state index < -0.39 is 0 Å². The molecule has 2 aliphatic heterocycles. The van der Waals surface area contributed by atoms with Crippen molar-refractivity contribution < 1.29 is 19.1 Å². The van der Waals surface area contributed by atoms with E-state index in [9.17, 15) is 9.59 Å². The number of rotatable bonds is 7. The fraction of sp³-hybridized carbons (Fsp3) is 0.556. The van der Waals surface area contributed by atoms with E-state index in [0.29, 0.717) is 39.4 Å². The third-order valence-electron chi connectivity index (χ3n) is 4.75. The summed E-state index contributed by atoms with van der Waals surface area (Å²) in [6, 6.07) is 7.93. The van der Waals surface area contributed by atoms with E-state index in [0.717, 1.165) is 11.3 Å². The van der Waals surface area contributed by atoms with Crippen LogP contribution < -0.4 is 4.74 Å². The highest BCUT2D eigenvalue weighted by atomic mass is 16.5. The molecule has 6 heteroatoms. The molecule has 0 spiro atoms. The van der Waals surface area contributed by atoms with Gasteiger partial charge < -0.3 is 9.47 Å². The lowest BCUT2D eigenvalue weighted by molar-refractivity contribution is -0.141. The zero-order chi connectivity index (χ0) is 17.1. The molecule has 24 heavy (non-hydrogen) atoms. The van der Waals surface area contributed by atoms with E-state index >= 15 is 0 Å². The molecule has 0 saturated carbocycles. The van der Waals surface area contributed by atoms with E-state index in [2.05, 4.69) is 4.90 Å². The van der Waals surface area contributed by atoms with Gasteiger partial charge in [0.25, 0.3) is 0 Å². The Morgan fingerprint density at radius 2 is 1.79 bits per heavy atom. The summed E-state index contributed by atoms with van der Waals surface area (Å²) in [5.41, 5.74) is 1.09. The van der Waals surface area contributed by atoms with Crippen molar-refractivity contribution in [3.05, 3.63) is 29.8 Å². The van der Waals surface area contributed by atoms with Gasteiger partial charge in [-0.3, -0.25) is 19.4 Å². The minimum absolute atomic E-state index is 0.0531. The maximum atomic E-state index is 12.5. The summed E-state index contributed by atoms with van der Waals surface area (Å²) < 4.78 is 10.7. The number of hydrogen-bond acceptors (Lipinski definition) is 5. The van der Waals surface area contributed by atoms with Crippen LogP contribution in [0, 0.1) is 11.8 Å². The molecule has 3 rings (SSSR count). The van der Waals surface area contributed by atoms with Gasteiger partial charge in [-0.15, -0.1) is 0 Å². The third kappa shape index (κ3) is 3.16. The monoisotopic (exact) mass is 332 g/mol. The van der Waals surface area contributed by atoms with Gasteiger partial charge in [0.1, 0.15) is 5.75 Å². The van der Waals surface area contributed by atoms with Crippen LogP contribution in [-0.2, 0) is 20.9 Å². The first-order valence-corrected chi connectivity index (χ1v) is 8.43. The molecule has 130 valence electrons. The Morgan fingerprint density at radius 1 is 1.12 bits per heavy atom. The molecule has 2 aliphatic rings. The van der Waals surface area contributed by atoms with Crippen molar-refractivity contribution in [3.63, 3.8) is 0 Å². The molecule has 1 aromatic carbocycles. The average molecular weight is 332 g/mol. The van der Waals surface area contributed by atoms with Crippen LogP contribution in [0.4, 0.5) is 0 Å². The summed E-state index contributed by atoms with van der Waals surface area (Å²) in [6.07, 6.45) is 0. The molecule has 2 atom stereocenters. The number of likely N-dealkylation sites (tertiary alicyclic amines) is 2. The second kappa shape index (κ2) is 7.32. The van der Waals surface area contributed by atoms with Crippen LogP contribution >= 0.6 is 0 Å². The van der Waals surface area contributed by atoms with Crippen molar-refractivity contribution in [1.82, 2.24) is 9.80 Å². The van der Waals surface area contributed by atoms with Crippen molar-refractivity contribution in [2.45, 2.75) is 13.5 Å². The third-order valence-corrected chi connectivity index (χ3v) is 4.75.